The number of nitrogens with two attached hydrogens (primary N) is 2. The molecule has 2 aromatic carbocycles. The van der Waals surface area contributed by atoms with E-state index in [0.29, 0.717) is 0 Å². The summed E-state index contributed by atoms with van der Waals surface area (Å²) in [5.74, 6) is -4.16. The van der Waals surface area contributed by atoms with Crippen LogP contribution in [0.15, 0.2) is 12.1 Å². The van der Waals surface area contributed by atoms with Gasteiger partial charge in [-0.25, -0.2) is 0 Å². The first-order chi connectivity index (χ1) is 18.8. The first-order valence-corrected chi connectivity index (χ1v) is 12.6. The monoisotopic (exact) mass is 558 g/mol. The Morgan fingerprint density at radius 2 is 1.82 bits per heavy atom. The van der Waals surface area contributed by atoms with E-state index in [-0.39, 0.29) is 40.1 Å². The van der Waals surface area contributed by atoms with Gasteiger partial charge in [-0.3, -0.25) is 14.4 Å². The second-order valence-electron chi connectivity index (χ2n) is 10.4. The number of carbonyl (C=O) groups excluding carboxylic acids is 3. The lowest BCUT2D eigenvalue weighted by Gasteiger charge is -2.42. The number of nitrogen functional groups attached to an aromatic ring is 1. The highest BCUT2D eigenvalue weighted by atomic mass is 16.7. The van der Waals surface area contributed by atoms with E-state index in [0.717, 1.165) is 0 Å². The Hall–Kier alpha value is -3.59. The molecule has 0 radical (unpaired) electrons. The average molecular weight is 559 g/mol. The second kappa shape index (κ2) is 9.80. The number of phenolic OH excluding ortho intramolecular Hbond substituents is 2. The number of ether oxygens (including phenoxy) is 3. The molecule has 1 heterocycles. The molecule has 0 amide bonds. The fraction of sp³-hybridized carbons (Fsp3) is 0.444. The van der Waals surface area contributed by atoms with Crippen LogP contribution in [0.4, 0.5) is 5.69 Å². The van der Waals surface area contributed by atoms with Crippen LogP contribution in [0.1, 0.15) is 68.8 Å². The fourth-order valence-corrected chi connectivity index (χ4v) is 5.86. The number of anilines is 1. The van der Waals surface area contributed by atoms with E-state index < -0.39 is 95.7 Å². The highest BCUT2D eigenvalue weighted by Crippen LogP contribution is 2.52. The highest BCUT2D eigenvalue weighted by Gasteiger charge is 2.50. The smallest absolute Gasteiger partial charge is 0.202 e. The van der Waals surface area contributed by atoms with Crippen molar-refractivity contribution in [2.75, 3.05) is 19.5 Å². The van der Waals surface area contributed by atoms with Crippen molar-refractivity contribution in [3.8, 4) is 17.2 Å². The molecule has 3 aliphatic rings. The molecule has 2 aromatic rings. The maximum atomic E-state index is 13.7. The lowest BCUT2D eigenvalue weighted by molar-refractivity contribution is -0.247. The molecule has 0 spiro atoms. The molecule has 0 unspecified atom stereocenters. The fourth-order valence-electron chi connectivity index (χ4n) is 5.86. The van der Waals surface area contributed by atoms with Gasteiger partial charge < -0.3 is 51.2 Å². The van der Waals surface area contributed by atoms with Crippen molar-refractivity contribution in [2.45, 2.75) is 62.4 Å². The van der Waals surface area contributed by atoms with Crippen LogP contribution in [0.3, 0.4) is 0 Å². The summed E-state index contributed by atoms with van der Waals surface area (Å²) in [5.41, 5.74) is 8.05. The van der Waals surface area contributed by atoms with E-state index in [1.54, 1.807) is 6.92 Å². The number of benzene rings is 2. The van der Waals surface area contributed by atoms with Crippen molar-refractivity contribution in [3.63, 3.8) is 0 Å². The molecule has 40 heavy (non-hydrogen) atoms. The zero-order valence-corrected chi connectivity index (χ0v) is 21.7. The Kier molecular flexibility index (Phi) is 6.85. The quantitative estimate of drug-likeness (QED) is 0.156. The molecule has 0 bridgehead atoms. The number of ketones is 3. The summed E-state index contributed by atoms with van der Waals surface area (Å²) in [6, 6.07) is 1.91. The normalized spacial score (nSPS) is 29.4. The van der Waals surface area contributed by atoms with Crippen LogP contribution in [-0.4, -0.2) is 86.7 Å². The van der Waals surface area contributed by atoms with Gasteiger partial charge in [0, 0.05) is 42.0 Å². The van der Waals surface area contributed by atoms with E-state index in [1.807, 2.05) is 0 Å². The molecule has 13 nitrogen and oxygen atoms in total. The van der Waals surface area contributed by atoms with Gasteiger partial charge in [-0.1, -0.05) is 0 Å². The van der Waals surface area contributed by atoms with Gasteiger partial charge in [0.2, 0.25) is 5.78 Å². The largest absolute Gasteiger partial charge is 0.507 e. The lowest BCUT2D eigenvalue weighted by atomic mass is 9.72. The number of aliphatic hydroxyl groups excluding tert-OH is 2. The van der Waals surface area contributed by atoms with Crippen molar-refractivity contribution in [1.82, 2.24) is 0 Å². The summed E-state index contributed by atoms with van der Waals surface area (Å²) in [5, 5.41) is 53.8. The number of Topliss-reactive ketones (excluding diaryl/α,β-unsaturated/α-hetero) is 1. The number of hydrogen-bond donors (Lipinski definition) is 7. The van der Waals surface area contributed by atoms with Gasteiger partial charge >= 0.3 is 0 Å². The number of methoxy groups -OCH3 is 1. The number of aliphatic hydroxyl groups is 3. The van der Waals surface area contributed by atoms with Crippen molar-refractivity contribution in [2.24, 2.45) is 5.73 Å². The number of rotatable bonds is 5. The second-order valence-corrected chi connectivity index (χ2v) is 10.4. The third kappa shape index (κ3) is 4.05. The molecule has 2 aliphatic carbocycles. The summed E-state index contributed by atoms with van der Waals surface area (Å²) in [6.07, 6.45) is -5.25. The average Bonchev–Trinajstić information content (AvgIpc) is 2.91. The third-order valence-electron chi connectivity index (χ3n) is 7.95. The van der Waals surface area contributed by atoms with Gasteiger partial charge in [-0.05, 0) is 19.1 Å². The number of aromatic hydroxyl groups is 2. The van der Waals surface area contributed by atoms with Crippen molar-refractivity contribution < 1.29 is 54.1 Å². The summed E-state index contributed by atoms with van der Waals surface area (Å²) in [4.78, 5) is 39.9. The molecular weight excluding hydrogens is 528 g/mol. The van der Waals surface area contributed by atoms with Crippen LogP contribution in [0.5, 0.6) is 17.2 Å². The van der Waals surface area contributed by atoms with Crippen LogP contribution in [0.25, 0.3) is 0 Å². The third-order valence-corrected chi connectivity index (χ3v) is 7.95. The van der Waals surface area contributed by atoms with Gasteiger partial charge in [0.25, 0.3) is 0 Å². The summed E-state index contributed by atoms with van der Waals surface area (Å²) in [7, 11) is 1.26. The molecule has 1 saturated heterocycles. The summed E-state index contributed by atoms with van der Waals surface area (Å²) < 4.78 is 17.0. The van der Waals surface area contributed by atoms with Gasteiger partial charge in [0.15, 0.2) is 23.6 Å². The van der Waals surface area contributed by atoms with Crippen molar-refractivity contribution >= 4 is 23.0 Å². The lowest BCUT2D eigenvalue weighted by Crippen LogP contribution is -2.53. The summed E-state index contributed by atoms with van der Waals surface area (Å²) in [6.45, 7) is 0.539. The Balaban J connectivity index is 1.70. The molecule has 9 N–H and O–H groups in total. The minimum Gasteiger partial charge on any atom is -0.507 e. The molecule has 1 aliphatic heterocycles. The molecule has 6 atom stereocenters. The molecule has 13 heteroatoms. The zero-order chi connectivity index (χ0) is 29.3. The zero-order valence-electron chi connectivity index (χ0n) is 21.7. The molecule has 214 valence electrons. The molecule has 5 rings (SSSR count). The van der Waals surface area contributed by atoms with E-state index in [9.17, 15) is 39.9 Å². The van der Waals surface area contributed by atoms with Gasteiger partial charge in [0.05, 0.1) is 47.8 Å². The Bertz CT molecular complexity index is 1430. The van der Waals surface area contributed by atoms with Gasteiger partial charge in [-0.15, -0.1) is 0 Å². The molecule has 0 aromatic heterocycles. The number of phenols is 2. The van der Waals surface area contributed by atoms with Crippen LogP contribution in [0.2, 0.25) is 0 Å². The first-order valence-electron chi connectivity index (χ1n) is 12.6. The highest BCUT2D eigenvalue weighted by molar-refractivity contribution is 6.31. The van der Waals surface area contributed by atoms with Crippen molar-refractivity contribution in [1.29, 1.82) is 0 Å². The Labute approximate surface area is 227 Å². The van der Waals surface area contributed by atoms with E-state index >= 15 is 0 Å². The molecule has 0 saturated carbocycles. The number of carbonyl (C=O) groups is 3. The first kappa shape index (κ1) is 28.0. The standard InChI is InChI=1S/C27H30N2O11/c1-9-21(32)13(29)5-16(39-9)40-14-7-27(37,15(31)8-30)6-11-17(14)24(35)20-19(23(11)34)22(33)10-3-4-12(28)26(38-2)18(10)25(20)36/h3-4,9,13-14,16,21,30,32,34-35,37H,5-8,28-29H2,1-2H3/t9-,13-,14-,16-,21+,27-/m0/s1. The van der Waals surface area contributed by atoms with Crippen LogP contribution in [0, 0.1) is 0 Å². The van der Waals surface area contributed by atoms with Gasteiger partial charge in [-0.2, -0.15) is 0 Å². The number of hydrogen-bond acceptors (Lipinski definition) is 13. The SMILES string of the molecule is COc1c(N)ccc2c1C(=O)c1c(O)c3c(c(O)c1C2=O)C[C@@](O)(C(=O)CO)C[C@@H]3O[C@H]1C[C@H](N)[C@H](O)[C@H](C)O1. The predicted octanol–water partition coefficient (Wildman–Crippen LogP) is -0.417. The Morgan fingerprint density at radius 3 is 2.45 bits per heavy atom. The molecule has 1 fully saturated rings. The van der Waals surface area contributed by atoms with E-state index in [2.05, 4.69) is 0 Å². The minimum atomic E-state index is -2.26. The topological polar surface area (TPSA) is 232 Å². The Morgan fingerprint density at radius 1 is 1.15 bits per heavy atom. The predicted molar refractivity (Wildman–Crippen MR) is 136 cm³/mol. The van der Waals surface area contributed by atoms with E-state index in [1.165, 1.54) is 19.2 Å². The summed E-state index contributed by atoms with van der Waals surface area (Å²) >= 11 is 0. The van der Waals surface area contributed by atoms with Crippen LogP contribution >= 0.6 is 0 Å². The van der Waals surface area contributed by atoms with E-state index in [4.69, 9.17) is 25.7 Å². The number of fused-ring (bicyclic) bond motifs is 3. The molecular formula is C27H30N2O11. The van der Waals surface area contributed by atoms with Crippen molar-refractivity contribution in [3.05, 3.63) is 45.5 Å². The van der Waals surface area contributed by atoms with Crippen LogP contribution in [-0.2, 0) is 20.7 Å². The van der Waals surface area contributed by atoms with Crippen LogP contribution < -0.4 is 16.2 Å². The maximum absolute atomic E-state index is 13.7. The van der Waals surface area contributed by atoms with Gasteiger partial charge in [0.1, 0.15) is 23.7 Å². The minimum absolute atomic E-state index is 0.00265. The maximum Gasteiger partial charge on any atom is 0.202 e.